The molecule has 0 aromatic carbocycles. The monoisotopic (exact) mass is 344 g/mol. The van der Waals surface area contributed by atoms with Crippen molar-refractivity contribution in [1.29, 1.82) is 0 Å². The fraction of sp³-hybridized carbons (Fsp3) is 1.00. The van der Waals surface area contributed by atoms with Crippen molar-refractivity contribution in [2.75, 3.05) is 27.7 Å². The average Bonchev–Trinajstić information content (AvgIpc) is 2.46. The number of rotatable bonds is 15. The van der Waals surface area contributed by atoms with Crippen LogP contribution in [-0.2, 0) is 0 Å². The van der Waals surface area contributed by atoms with Gasteiger partial charge < -0.3 is 9.59 Å². The summed E-state index contributed by atoms with van der Waals surface area (Å²) < 4.78 is 1.12. The largest absolute Gasteiger partial charge is 0.394 e. The molecule has 1 N–H and O–H groups in total. The maximum atomic E-state index is 8.06. The van der Waals surface area contributed by atoms with Gasteiger partial charge in [-0.25, -0.2) is 0 Å². The minimum absolute atomic E-state index is 0.167. The number of unbranched alkanes of at least 4 members (excludes halogenated alkanes) is 13. The summed E-state index contributed by atoms with van der Waals surface area (Å²) in [4.78, 5) is 0. The van der Waals surface area contributed by atoms with Gasteiger partial charge in [0.05, 0.1) is 27.7 Å². The zero-order chi connectivity index (χ0) is 18.7. The summed E-state index contributed by atoms with van der Waals surface area (Å²) in [6.45, 7) is 7.07. The summed E-state index contributed by atoms with van der Waals surface area (Å²) >= 11 is 0. The van der Waals surface area contributed by atoms with Crippen LogP contribution in [0.1, 0.15) is 111 Å². The van der Waals surface area contributed by atoms with E-state index in [1.165, 1.54) is 96.4 Å². The number of hydrogen-bond donors (Lipinski definition) is 1. The first-order valence-corrected chi connectivity index (χ1v) is 10.8. The molecule has 0 fully saturated rings. The predicted octanol–water partition coefficient (Wildman–Crippen LogP) is 6.56. The van der Waals surface area contributed by atoms with Crippen LogP contribution in [0.15, 0.2) is 0 Å². The molecule has 0 bridgehead atoms. The molecule has 0 aromatic heterocycles. The third kappa shape index (κ3) is 33.5. The van der Waals surface area contributed by atoms with Crippen LogP contribution in [0.5, 0.6) is 0 Å². The van der Waals surface area contributed by atoms with Gasteiger partial charge in [0.1, 0.15) is 0 Å². The molecule has 148 valence electrons. The predicted molar refractivity (Wildman–Crippen MR) is 111 cm³/mol. The highest BCUT2D eigenvalue weighted by Crippen LogP contribution is 2.13. The van der Waals surface area contributed by atoms with E-state index in [1.807, 2.05) is 0 Å². The van der Waals surface area contributed by atoms with Crippen molar-refractivity contribution in [2.24, 2.45) is 0 Å². The van der Waals surface area contributed by atoms with Crippen LogP contribution in [0, 0.1) is 0 Å². The molecule has 0 saturated heterocycles. The van der Waals surface area contributed by atoms with Crippen molar-refractivity contribution in [1.82, 2.24) is 0 Å². The molecule has 2 nitrogen and oxygen atoms in total. The van der Waals surface area contributed by atoms with Gasteiger partial charge in [0.2, 0.25) is 0 Å². The second-order valence-electron chi connectivity index (χ2n) is 8.70. The fourth-order valence-electron chi connectivity index (χ4n) is 2.78. The SMILES string of the molecule is CC(C)O.CCCCCCCCCCCCCCCC[N+](C)(C)C. The van der Waals surface area contributed by atoms with E-state index >= 15 is 0 Å². The van der Waals surface area contributed by atoms with Gasteiger partial charge in [0, 0.05) is 6.10 Å². The standard InChI is InChI=1S/C19H42N.C3H8O/c1-5-6-7-8-9-10-11-12-13-14-15-16-17-18-19-20(2,3)4;1-3(2)4/h5-19H2,1-4H3;3-4H,1-2H3/q+1;. The fourth-order valence-corrected chi connectivity index (χ4v) is 2.78. The number of aliphatic hydroxyl groups excluding tert-OH is 1. The Balaban J connectivity index is 0. The maximum Gasteiger partial charge on any atom is 0.0780 e. The molecule has 0 radical (unpaired) electrons. The van der Waals surface area contributed by atoms with Gasteiger partial charge in [-0.05, 0) is 26.7 Å². The lowest BCUT2D eigenvalue weighted by Crippen LogP contribution is -2.35. The molecule has 0 heterocycles. The van der Waals surface area contributed by atoms with E-state index in [-0.39, 0.29) is 6.10 Å². The Morgan fingerprint density at radius 1 is 0.583 bits per heavy atom. The summed E-state index contributed by atoms with van der Waals surface area (Å²) in [7, 11) is 6.88. The summed E-state index contributed by atoms with van der Waals surface area (Å²) in [6, 6.07) is 0. The number of aliphatic hydroxyl groups is 1. The lowest BCUT2D eigenvalue weighted by molar-refractivity contribution is -0.870. The second-order valence-corrected chi connectivity index (χ2v) is 8.70. The van der Waals surface area contributed by atoms with E-state index in [2.05, 4.69) is 28.1 Å². The van der Waals surface area contributed by atoms with Crippen molar-refractivity contribution in [3.63, 3.8) is 0 Å². The van der Waals surface area contributed by atoms with Crippen molar-refractivity contribution >= 4 is 0 Å². The third-order valence-corrected chi connectivity index (χ3v) is 4.18. The Hall–Kier alpha value is -0.0800. The Kier molecular flexibility index (Phi) is 21.0. The Labute approximate surface area is 154 Å². The van der Waals surface area contributed by atoms with Gasteiger partial charge in [-0.1, -0.05) is 84.0 Å². The highest BCUT2D eigenvalue weighted by molar-refractivity contribution is 4.49. The maximum absolute atomic E-state index is 8.06. The number of nitrogens with zero attached hydrogens (tertiary/aromatic N) is 1. The first-order chi connectivity index (χ1) is 11.3. The summed E-state index contributed by atoms with van der Waals surface area (Å²) in [5.74, 6) is 0. The van der Waals surface area contributed by atoms with Crippen molar-refractivity contribution in [3.05, 3.63) is 0 Å². The zero-order valence-corrected chi connectivity index (χ0v) is 18.1. The van der Waals surface area contributed by atoms with Gasteiger partial charge in [-0.15, -0.1) is 0 Å². The molecule has 0 amide bonds. The summed E-state index contributed by atoms with van der Waals surface area (Å²) in [5.41, 5.74) is 0. The lowest BCUT2D eigenvalue weighted by atomic mass is 10.0. The first kappa shape index (κ1) is 26.2. The van der Waals surface area contributed by atoms with E-state index in [1.54, 1.807) is 13.8 Å². The molecular formula is C22H50NO+. The highest BCUT2D eigenvalue weighted by Gasteiger charge is 2.04. The quantitative estimate of drug-likeness (QED) is 0.263. The van der Waals surface area contributed by atoms with Crippen molar-refractivity contribution in [2.45, 2.75) is 117 Å². The molecule has 0 rings (SSSR count). The molecule has 0 spiro atoms. The van der Waals surface area contributed by atoms with Crippen LogP contribution in [0.25, 0.3) is 0 Å². The first-order valence-electron chi connectivity index (χ1n) is 10.8. The zero-order valence-electron chi connectivity index (χ0n) is 18.1. The molecule has 0 aliphatic carbocycles. The molecule has 0 aliphatic rings. The summed E-state index contributed by atoms with van der Waals surface area (Å²) in [5, 5.41) is 8.06. The molecule has 0 aliphatic heterocycles. The Bertz CT molecular complexity index is 218. The van der Waals surface area contributed by atoms with Crippen LogP contribution in [-0.4, -0.2) is 43.4 Å². The molecule has 0 saturated carbocycles. The molecule has 24 heavy (non-hydrogen) atoms. The normalized spacial score (nSPS) is 11.5. The van der Waals surface area contributed by atoms with Gasteiger partial charge in [0.25, 0.3) is 0 Å². The van der Waals surface area contributed by atoms with Crippen LogP contribution in [0.4, 0.5) is 0 Å². The van der Waals surface area contributed by atoms with Crippen LogP contribution in [0.2, 0.25) is 0 Å². The van der Waals surface area contributed by atoms with Crippen LogP contribution >= 0.6 is 0 Å². The number of hydrogen-bond acceptors (Lipinski definition) is 1. The van der Waals surface area contributed by atoms with E-state index < -0.39 is 0 Å². The van der Waals surface area contributed by atoms with E-state index in [0.29, 0.717) is 0 Å². The van der Waals surface area contributed by atoms with Crippen LogP contribution < -0.4 is 0 Å². The molecular weight excluding hydrogens is 294 g/mol. The molecule has 2 heteroatoms. The molecule has 0 unspecified atom stereocenters. The average molecular weight is 345 g/mol. The highest BCUT2D eigenvalue weighted by atomic mass is 16.3. The lowest BCUT2D eigenvalue weighted by Gasteiger charge is -2.23. The van der Waals surface area contributed by atoms with Crippen molar-refractivity contribution < 1.29 is 9.59 Å². The molecule has 0 aromatic rings. The third-order valence-electron chi connectivity index (χ3n) is 4.18. The van der Waals surface area contributed by atoms with E-state index in [4.69, 9.17) is 5.11 Å². The smallest absolute Gasteiger partial charge is 0.0780 e. The van der Waals surface area contributed by atoms with Crippen molar-refractivity contribution in [3.8, 4) is 0 Å². The second kappa shape index (κ2) is 19.2. The van der Waals surface area contributed by atoms with Crippen LogP contribution in [0.3, 0.4) is 0 Å². The minimum atomic E-state index is -0.167. The van der Waals surface area contributed by atoms with E-state index in [9.17, 15) is 0 Å². The topological polar surface area (TPSA) is 20.2 Å². The van der Waals surface area contributed by atoms with E-state index in [0.717, 1.165) is 4.48 Å². The molecule has 0 atom stereocenters. The number of quaternary nitrogens is 1. The van der Waals surface area contributed by atoms with Gasteiger partial charge in [-0.2, -0.15) is 0 Å². The van der Waals surface area contributed by atoms with Gasteiger partial charge in [0.15, 0.2) is 0 Å². The van der Waals surface area contributed by atoms with Gasteiger partial charge in [-0.3, -0.25) is 0 Å². The Morgan fingerprint density at radius 2 is 0.833 bits per heavy atom. The summed E-state index contributed by atoms with van der Waals surface area (Å²) in [6.07, 6.45) is 20.2. The minimum Gasteiger partial charge on any atom is -0.394 e. The Morgan fingerprint density at radius 3 is 1.08 bits per heavy atom. The van der Waals surface area contributed by atoms with Gasteiger partial charge >= 0.3 is 0 Å².